The molecule has 2 aromatic heterocycles. The fraction of sp³-hybridized carbons (Fsp3) is 0.381. The first-order valence-electron chi connectivity index (χ1n) is 9.49. The Morgan fingerprint density at radius 2 is 2.11 bits per heavy atom. The second-order valence-electron chi connectivity index (χ2n) is 7.33. The molecule has 1 aromatic carbocycles. The number of hydrogen-bond donors (Lipinski definition) is 1. The maximum atomic E-state index is 13.2. The van der Waals surface area contributed by atoms with Crippen LogP contribution in [0.1, 0.15) is 37.4 Å². The molecule has 0 aliphatic heterocycles. The number of aromatic nitrogens is 3. The van der Waals surface area contributed by atoms with E-state index in [0.717, 1.165) is 17.5 Å². The number of rotatable bonds is 5. The summed E-state index contributed by atoms with van der Waals surface area (Å²) in [6.07, 6.45) is 3.54. The third-order valence-corrected chi connectivity index (χ3v) is 5.34. The van der Waals surface area contributed by atoms with Gasteiger partial charge in [0.25, 0.3) is 5.56 Å². The van der Waals surface area contributed by atoms with Crippen LogP contribution in [0.4, 0.5) is 0 Å². The fourth-order valence-electron chi connectivity index (χ4n) is 3.72. The van der Waals surface area contributed by atoms with Crippen LogP contribution in [0.25, 0.3) is 16.6 Å². The Kier molecular flexibility index (Phi) is 4.55. The van der Waals surface area contributed by atoms with Crippen LogP contribution < -0.4 is 5.56 Å². The van der Waals surface area contributed by atoms with Crippen molar-refractivity contribution in [3.8, 4) is 11.1 Å². The van der Waals surface area contributed by atoms with Crippen molar-refractivity contribution in [3.63, 3.8) is 0 Å². The quantitative estimate of drug-likeness (QED) is 0.686. The molecule has 7 heteroatoms. The Balaban J connectivity index is 1.93. The van der Waals surface area contributed by atoms with E-state index >= 15 is 0 Å². The monoisotopic (exact) mass is 381 g/mol. The van der Waals surface area contributed by atoms with Crippen LogP contribution in [0.3, 0.4) is 0 Å². The molecule has 0 atom stereocenters. The summed E-state index contributed by atoms with van der Waals surface area (Å²) < 4.78 is 7.74. The summed E-state index contributed by atoms with van der Waals surface area (Å²) in [5, 5.41) is 15.3. The van der Waals surface area contributed by atoms with Gasteiger partial charge in [0.05, 0.1) is 12.3 Å². The van der Waals surface area contributed by atoms with E-state index in [4.69, 9.17) is 4.74 Å². The zero-order valence-corrected chi connectivity index (χ0v) is 16.0. The van der Waals surface area contributed by atoms with Gasteiger partial charge >= 0.3 is 5.97 Å². The first-order valence-corrected chi connectivity index (χ1v) is 9.49. The van der Waals surface area contributed by atoms with Crippen molar-refractivity contribution in [2.75, 3.05) is 6.61 Å². The first-order chi connectivity index (χ1) is 13.4. The Morgan fingerprint density at radius 3 is 2.75 bits per heavy atom. The third kappa shape index (κ3) is 3.01. The molecular weight excluding hydrogens is 358 g/mol. The number of benzene rings is 1. The van der Waals surface area contributed by atoms with E-state index in [1.165, 1.54) is 15.4 Å². The average Bonchev–Trinajstić information content (AvgIpc) is 3.03. The van der Waals surface area contributed by atoms with E-state index in [2.05, 4.69) is 5.10 Å². The molecule has 146 valence electrons. The molecule has 0 saturated heterocycles. The largest absolute Gasteiger partial charge is 0.465 e. The first kappa shape index (κ1) is 18.4. The summed E-state index contributed by atoms with van der Waals surface area (Å²) in [6.45, 7) is 3.75. The highest BCUT2D eigenvalue weighted by Gasteiger charge is 2.40. The predicted molar refractivity (Wildman–Crippen MR) is 104 cm³/mol. The van der Waals surface area contributed by atoms with E-state index < -0.39 is 11.6 Å². The van der Waals surface area contributed by atoms with Crippen molar-refractivity contribution in [1.29, 1.82) is 0 Å². The molecule has 0 unspecified atom stereocenters. The number of aryl methyl sites for hydroxylation is 1. The number of aliphatic hydroxyl groups is 1. The van der Waals surface area contributed by atoms with Gasteiger partial charge in [-0.1, -0.05) is 29.8 Å². The van der Waals surface area contributed by atoms with E-state index in [9.17, 15) is 14.7 Å². The van der Waals surface area contributed by atoms with Crippen LogP contribution in [0.5, 0.6) is 0 Å². The summed E-state index contributed by atoms with van der Waals surface area (Å²) in [5.74, 6) is -0.489. The maximum absolute atomic E-state index is 13.2. The molecule has 7 nitrogen and oxygen atoms in total. The average molecular weight is 381 g/mol. The van der Waals surface area contributed by atoms with E-state index in [0.29, 0.717) is 29.6 Å². The summed E-state index contributed by atoms with van der Waals surface area (Å²) >= 11 is 0. The van der Waals surface area contributed by atoms with Crippen LogP contribution in [-0.2, 0) is 21.7 Å². The molecule has 1 N–H and O–H groups in total. The van der Waals surface area contributed by atoms with Gasteiger partial charge in [-0.15, -0.1) is 0 Å². The number of ether oxygens (including phenoxy) is 1. The number of esters is 1. The standard InChI is InChI=1S/C21H23N3O4/c1-3-28-18(25)12-23-13-22-24-17(21(27)8-5-9-21)11-16(19(24)20(23)26)15-7-4-6-14(2)10-15/h4,6-7,10-11,13,27H,3,5,8-9,12H2,1-2H3. The van der Waals surface area contributed by atoms with Crippen molar-refractivity contribution >= 4 is 11.5 Å². The Bertz CT molecular complexity index is 1110. The van der Waals surface area contributed by atoms with Crippen LogP contribution in [-0.4, -0.2) is 31.9 Å². The number of hydrogen-bond acceptors (Lipinski definition) is 5. The van der Waals surface area contributed by atoms with Crippen LogP contribution >= 0.6 is 0 Å². The van der Waals surface area contributed by atoms with Crippen LogP contribution in [0, 0.1) is 6.92 Å². The molecule has 0 amide bonds. The molecule has 2 heterocycles. The van der Waals surface area contributed by atoms with E-state index in [1.54, 1.807) is 6.92 Å². The minimum absolute atomic E-state index is 0.200. The molecule has 3 aromatic rings. The molecule has 1 fully saturated rings. The Morgan fingerprint density at radius 1 is 1.32 bits per heavy atom. The number of carbonyl (C=O) groups is 1. The zero-order valence-electron chi connectivity index (χ0n) is 16.0. The van der Waals surface area contributed by atoms with Crippen molar-refractivity contribution in [3.05, 3.63) is 58.3 Å². The molecule has 0 bridgehead atoms. The number of nitrogens with zero attached hydrogens (tertiary/aromatic N) is 3. The van der Waals surface area contributed by atoms with Gasteiger partial charge in [0, 0.05) is 5.56 Å². The van der Waals surface area contributed by atoms with Gasteiger partial charge in [0.2, 0.25) is 0 Å². The predicted octanol–water partition coefficient (Wildman–Crippen LogP) is 2.41. The molecule has 28 heavy (non-hydrogen) atoms. The van der Waals surface area contributed by atoms with Gasteiger partial charge in [-0.25, -0.2) is 4.52 Å². The normalized spacial score (nSPS) is 15.4. The maximum Gasteiger partial charge on any atom is 0.326 e. The highest BCUT2D eigenvalue weighted by Crippen LogP contribution is 2.43. The third-order valence-electron chi connectivity index (χ3n) is 5.34. The van der Waals surface area contributed by atoms with Gasteiger partial charge in [0.1, 0.15) is 24.0 Å². The fourth-order valence-corrected chi connectivity index (χ4v) is 3.72. The molecular formula is C21H23N3O4. The lowest BCUT2D eigenvalue weighted by atomic mass is 9.78. The Labute approximate surface area is 162 Å². The minimum atomic E-state index is -0.974. The molecule has 1 aliphatic rings. The van der Waals surface area contributed by atoms with Gasteiger partial charge in [-0.05, 0) is 44.7 Å². The minimum Gasteiger partial charge on any atom is -0.465 e. The summed E-state index contributed by atoms with van der Waals surface area (Å²) in [6, 6.07) is 9.69. The summed E-state index contributed by atoms with van der Waals surface area (Å²) in [4.78, 5) is 25.1. The highest BCUT2D eigenvalue weighted by molar-refractivity contribution is 5.82. The molecule has 4 rings (SSSR count). The molecule has 1 saturated carbocycles. The smallest absolute Gasteiger partial charge is 0.326 e. The highest BCUT2D eigenvalue weighted by atomic mass is 16.5. The zero-order chi connectivity index (χ0) is 19.9. The molecule has 0 radical (unpaired) electrons. The van der Waals surface area contributed by atoms with E-state index in [1.807, 2.05) is 37.3 Å². The van der Waals surface area contributed by atoms with Crippen LogP contribution in [0.2, 0.25) is 0 Å². The number of carbonyl (C=O) groups excluding carboxylic acids is 1. The summed E-state index contributed by atoms with van der Waals surface area (Å²) in [5.41, 5.74) is 2.30. The lowest BCUT2D eigenvalue weighted by molar-refractivity contribution is -0.143. The topological polar surface area (TPSA) is 85.8 Å². The summed E-state index contributed by atoms with van der Waals surface area (Å²) in [7, 11) is 0. The SMILES string of the molecule is CCOC(=O)Cn1cnn2c(C3(O)CCC3)cc(-c3cccc(C)c3)c2c1=O. The van der Waals surface area contributed by atoms with Gasteiger partial charge < -0.3 is 9.84 Å². The Hall–Kier alpha value is -2.93. The molecule has 0 spiro atoms. The van der Waals surface area contributed by atoms with Crippen LogP contribution in [0.15, 0.2) is 41.5 Å². The van der Waals surface area contributed by atoms with Gasteiger partial charge in [-0.3, -0.25) is 14.2 Å². The lowest BCUT2D eigenvalue weighted by Gasteiger charge is -2.36. The van der Waals surface area contributed by atoms with Gasteiger partial charge in [-0.2, -0.15) is 5.10 Å². The van der Waals surface area contributed by atoms with Crippen molar-refractivity contribution < 1.29 is 14.6 Å². The van der Waals surface area contributed by atoms with Gasteiger partial charge in [0.15, 0.2) is 0 Å². The lowest BCUT2D eigenvalue weighted by Crippen LogP contribution is -2.36. The van der Waals surface area contributed by atoms with Crippen molar-refractivity contribution in [2.24, 2.45) is 0 Å². The van der Waals surface area contributed by atoms with Crippen molar-refractivity contribution in [1.82, 2.24) is 14.2 Å². The molecule has 1 aliphatic carbocycles. The number of fused-ring (bicyclic) bond motifs is 1. The second-order valence-corrected chi connectivity index (χ2v) is 7.33. The van der Waals surface area contributed by atoms with Crippen molar-refractivity contribution in [2.45, 2.75) is 45.3 Å². The van der Waals surface area contributed by atoms with E-state index in [-0.39, 0.29) is 18.7 Å². The second kappa shape index (κ2) is 6.91.